The molecule has 35 heavy (non-hydrogen) atoms. The number of nitrogen functional groups attached to an aromatic ring is 1. The highest BCUT2D eigenvalue weighted by atomic mass is 32.2. The second-order valence-corrected chi connectivity index (χ2v) is 9.35. The van der Waals surface area contributed by atoms with Crippen LogP contribution in [0.5, 0.6) is 0 Å². The van der Waals surface area contributed by atoms with Crippen LogP contribution in [0.1, 0.15) is 26.3 Å². The van der Waals surface area contributed by atoms with Crippen LogP contribution in [0.3, 0.4) is 0 Å². The van der Waals surface area contributed by atoms with Gasteiger partial charge in [-0.25, -0.2) is 4.79 Å². The van der Waals surface area contributed by atoms with Crippen molar-refractivity contribution in [3.05, 3.63) is 102 Å². The minimum absolute atomic E-state index is 0.00846. The van der Waals surface area contributed by atoms with Crippen LogP contribution < -0.4 is 11.1 Å². The molecule has 0 unspecified atom stereocenters. The maximum Gasteiger partial charge on any atom is 0.354 e. The third kappa shape index (κ3) is 5.20. The highest BCUT2D eigenvalue weighted by molar-refractivity contribution is 7.86. The van der Waals surface area contributed by atoms with Gasteiger partial charge in [0, 0.05) is 22.4 Å². The highest BCUT2D eigenvalue weighted by Gasteiger charge is 2.23. The minimum atomic E-state index is -4.04. The lowest BCUT2D eigenvalue weighted by molar-refractivity contribution is 0.0748. The summed E-state index contributed by atoms with van der Waals surface area (Å²) < 4.78 is 27.8. The summed E-state index contributed by atoms with van der Waals surface area (Å²) in [4.78, 5) is 26.1. The number of anilines is 1. The van der Waals surface area contributed by atoms with Crippen LogP contribution in [0.25, 0.3) is 21.9 Å². The van der Waals surface area contributed by atoms with E-state index in [0.717, 1.165) is 11.6 Å². The third-order valence-electron chi connectivity index (χ3n) is 5.27. The van der Waals surface area contributed by atoms with E-state index in [4.69, 9.17) is 11.1 Å². The maximum atomic E-state index is 13.4. The number of benzene rings is 4. The Morgan fingerprint density at radius 2 is 1.51 bits per heavy atom. The molecule has 0 saturated heterocycles. The van der Waals surface area contributed by atoms with Crippen molar-refractivity contribution in [2.75, 3.05) is 11.6 Å². The van der Waals surface area contributed by atoms with E-state index in [2.05, 4.69) is 9.50 Å². The van der Waals surface area contributed by atoms with Gasteiger partial charge in [0.2, 0.25) is 0 Å². The molecule has 0 aromatic heterocycles. The normalized spacial score (nSPS) is 11.1. The molecule has 0 heterocycles. The Morgan fingerprint density at radius 1 is 0.857 bits per heavy atom. The van der Waals surface area contributed by atoms with Crippen LogP contribution in [0.4, 0.5) is 5.69 Å². The predicted molar refractivity (Wildman–Crippen MR) is 135 cm³/mol. The Balaban J connectivity index is 1.85. The number of carbonyl (C=O) groups is 2. The van der Waals surface area contributed by atoms with Crippen LogP contribution in [0, 0.1) is 5.41 Å². The van der Waals surface area contributed by atoms with Gasteiger partial charge in [-0.05, 0) is 52.7 Å². The van der Waals surface area contributed by atoms with Gasteiger partial charge in [0.1, 0.15) is 5.84 Å². The number of amidine groups is 1. The number of nitrogens with one attached hydrogen (secondary N) is 2. The van der Waals surface area contributed by atoms with E-state index in [1.165, 1.54) is 6.07 Å². The summed E-state index contributed by atoms with van der Waals surface area (Å²) in [7, 11) is -4.04. The molecular formula is C26H21N3O5S. The van der Waals surface area contributed by atoms with Crippen LogP contribution in [0.15, 0.2) is 84.9 Å². The molecule has 176 valence electrons. The predicted octanol–water partition coefficient (Wildman–Crippen LogP) is 4.16. The summed E-state index contributed by atoms with van der Waals surface area (Å²) in [5.41, 5.74) is 7.60. The molecule has 4 N–H and O–H groups in total. The summed E-state index contributed by atoms with van der Waals surface area (Å²) in [6.07, 6.45) is 0.793. The molecule has 0 saturated carbocycles. The lowest BCUT2D eigenvalue weighted by Gasteiger charge is -2.16. The Bertz CT molecular complexity index is 1580. The second kappa shape index (κ2) is 9.40. The molecule has 4 rings (SSSR count). The van der Waals surface area contributed by atoms with E-state index >= 15 is 0 Å². The van der Waals surface area contributed by atoms with Gasteiger partial charge in [-0.1, -0.05) is 48.5 Å². The third-order valence-corrected chi connectivity index (χ3v) is 5.72. The number of nitrogens with two attached hydrogens (primary N) is 1. The SMILES string of the molecule is CS(=O)(=O)OC(=O)c1ccccc1-c1c(C(=O)Nc2ccc(C(=N)N)cc2)ccc2ccccc12. The minimum Gasteiger partial charge on any atom is -0.384 e. The number of fused-ring (bicyclic) bond motifs is 1. The van der Waals surface area contributed by atoms with Crippen LogP contribution in [0.2, 0.25) is 0 Å². The van der Waals surface area contributed by atoms with Gasteiger partial charge in [-0.2, -0.15) is 8.42 Å². The van der Waals surface area contributed by atoms with Crippen LogP contribution >= 0.6 is 0 Å². The van der Waals surface area contributed by atoms with E-state index in [1.54, 1.807) is 54.6 Å². The molecule has 0 bridgehead atoms. The van der Waals surface area contributed by atoms with E-state index in [0.29, 0.717) is 27.8 Å². The van der Waals surface area contributed by atoms with Gasteiger partial charge in [0.15, 0.2) is 0 Å². The summed E-state index contributed by atoms with van der Waals surface area (Å²) in [6.45, 7) is 0. The number of amides is 1. The van der Waals surface area contributed by atoms with Crippen molar-refractivity contribution >= 4 is 44.3 Å². The monoisotopic (exact) mass is 487 g/mol. The Kier molecular flexibility index (Phi) is 6.35. The molecule has 0 aliphatic heterocycles. The van der Waals surface area contributed by atoms with Crippen molar-refractivity contribution in [2.24, 2.45) is 5.73 Å². The van der Waals surface area contributed by atoms with Crippen molar-refractivity contribution in [2.45, 2.75) is 0 Å². The molecule has 0 spiro atoms. The molecule has 0 aliphatic rings. The molecule has 9 heteroatoms. The Labute approximate surface area is 202 Å². The largest absolute Gasteiger partial charge is 0.384 e. The number of rotatable bonds is 6. The molecule has 0 aliphatic carbocycles. The Morgan fingerprint density at radius 3 is 2.20 bits per heavy atom. The quantitative estimate of drug-likeness (QED) is 0.212. The van der Waals surface area contributed by atoms with Crippen LogP contribution in [-0.4, -0.2) is 32.4 Å². The summed E-state index contributed by atoms with van der Waals surface area (Å²) in [5, 5.41) is 11.9. The van der Waals surface area contributed by atoms with Crippen molar-refractivity contribution in [3.63, 3.8) is 0 Å². The Hall–Kier alpha value is -4.50. The molecule has 4 aromatic rings. The van der Waals surface area contributed by atoms with E-state index in [-0.39, 0.29) is 17.0 Å². The number of hydrogen-bond acceptors (Lipinski definition) is 6. The van der Waals surface area contributed by atoms with E-state index in [9.17, 15) is 18.0 Å². The number of carbonyl (C=O) groups excluding carboxylic acids is 2. The molecule has 8 nitrogen and oxygen atoms in total. The van der Waals surface area contributed by atoms with Gasteiger partial charge in [-0.15, -0.1) is 0 Å². The average Bonchev–Trinajstić information content (AvgIpc) is 2.82. The second-order valence-electron chi connectivity index (χ2n) is 7.77. The smallest absolute Gasteiger partial charge is 0.354 e. The fourth-order valence-corrected chi connectivity index (χ4v) is 4.11. The number of hydrogen-bond donors (Lipinski definition) is 3. The van der Waals surface area contributed by atoms with E-state index in [1.807, 2.05) is 24.3 Å². The van der Waals surface area contributed by atoms with Crippen molar-refractivity contribution in [1.29, 1.82) is 5.41 Å². The zero-order valence-electron chi connectivity index (χ0n) is 18.6. The maximum absolute atomic E-state index is 13.4. The molecule has 0 radical (unpaired) electrons. The van der Waals surface area contributed by atoms with Crippen LogP contribution in [-0.2, 0) is 14.3 Å². The van der Waals surface area contributed by atoms with Gasteiger partial charge >= 0.3 is 16.1 Å². The topological polar surface area (TPSA) is 139 Å². The van der Waals surface area contributed by atoms with Crippen molar-refractivity contribution in [1.82, 2.24) is 0 Å². The fraction of sp³-hybridized carbons (Fsp3) is 0.0385. The van der Waals surface area contributed by atoms with Crippen molar-refractivity contribution < 1.29 is 22.2 Å². The molecular weight excluding hydrogens is 466 g/mol. The zero-order chi connectivity index (χ0) is 25.2. The fourth-order valence-electron chi connectivity index (χ4n) is 3.74. The first kappa shape index (κ1) is 23.7. The van der Waals surface area contributed by atoms with Crippen molar-refractivity contribution in [3.8, 4) is 11.1 Å². The van der Waals surface area contributed by atoms with E-state index < -0.39 is 22.0 Å². The van der Waals surface area contributed by atoms with Gasteiger partial charge < -0.3 is 15.2 Å². The average molecular weight is 488 g/mol. The standard InChI is InChI=1S/C26H21N3O5S/c1-35(32,33)34-26(31)21-9-5-4-8-20(21)23-19-7-3-2-6-16(19)12-15-22(23)25(30)29-18-13-10-17(11-14-18)24(27)28/h2-15H,1H3,(H3,27,28)(H,29,30). The van der Waals surface area contributed by atoms with Gasteiger partial charge in [0.25, 0.3) is 5.91 Å². The highest BCUT2D eigenvalue weighted by Crippen LogP contribution is 2.35. The summed E-state index contributed by atoms with van der Waals surface area (Å²) in [6, 6.07) is 23.7. The first-order valence-electron chi connectivity index (χ1n) is 10.4. The lowest BCUT2D eigenvalue weighted by atomic mass is 9.90. The summed E-state index contributed by atoms with van der Waals surface area (Å²) in [5.74, 6) is -1.56. The molecule has 1 amide bonds. The first-order valence-corrected chi connectivity index (χ1v) is 12.3. The lowest BCUT2D eigenvalue weighted by Crippen LogP contribution is -2.16. The molecule has 0 atom stereocenters. The molecule has 4 aromatic carbocycles. The molecule has 0 fully saturated rings. The summed E-state index contributed by atoms with van der Waals surface area (Å²) >= 11 is 0. The first-order chi connectivity index (χ1) is 16.6. The van der Waals surface area contributed by atoms with Gasteiger partial charge in [-0.3, -0.25) is 10.2 Å². The van der Waals surface area contributed by atoms with Gasteiger partial charge in [0.05, 0.1) is 11.8 Å². The zero-order valence-corrected chi connectivity index (χ0v) is 19.4.